The van der Waals surface area contributed by atoms with Crippen molar-refractivity contribution in [3.05, 3.63) is 65.9 Å². The molecule has 0 saturated carbocycles. The van der Waals surface area contributed by atoms with Crippen molar-refractivity contribution in [1.82, 2.24) is 5.16 Å². The van der Waals surface area contributed by atoms with Gasteiger partial charge in [-0.2, -0.15) is 0 Å². The Morgan fingerprint density at radius 3 is 2.43 bits per heavy atom. The van der Waals surface area contributed by atoms with Crippen LogP contribution in [0.5, 0.6) is 11.5 Å². The molecular formula is C27H31N3O5. The first-order valence-corrected chi connectivity index (χ1v) is 11.6. The van der Waals surface area contributed by atoms with Crippen molar-refractivity contribution in [2.45, 2.75) is 45.1 Å². The third-order valence-electron chi connectivity index (χ3n) is 6.27. The lowest BCUT2D eigenvalue weighted by Crippen LogP contribution is -2.47. The lowest BCUT2D eigenvalue weighted by molar-refractivity contribution is -0.126. The zero-order valence-electron chi connectivity index (χ0n) is 20.7. The Morgan fingerprint density at radius 2 is 1.80 bits per heavy atom. The van der Waals surface area contributed by atoms with Gasteiger partial charge in [-0.05, 0) is 36.8 Å². The second-order valence-electron chi connectivity index (χ2n) is 9.61. The third kappa shape index (κ3) is 5.01. The average molecular weight is 478 g/mol. The van der Waals surface area contributed by atoms with E-state index in [9.17, 15) is 9.59 Å². The summed E-state index contributed by atoms with van der Waals surface area (Å²) in [4.78, 5) is 28.5. The number of anilines is 2. The summed E-state index contributed by atoms with van der Waals surface area (Å²) >= 11 is 0. The summed E-state index contributed by atoms with van der Waals surface area (Å²) in [5, 5.41) is 6.97. The molecule has 8 nitrogen and oxygen atoms in total. The fourth-order valence-electron chi connectivity index (χ4n) is 4.38. The minimum Gasteiger partial charge on any atom is -0.497 e. The molecule has 3 aromatic rings. The standard InChI is InChI=1S/C27H31N3O5/c1-27(2,3)22-16-23(35-29-22)28-26(32)20-14-15-24(31)30(17-10-12-18(33-4)13-11-17)25(20)19-8-6-7-9-21(19)34-5/h6-13,16,20,25H,14-15H2,1-5H3,(H,28,32). The molecule has 35 heavy (non-hydrogen) atoms. The average Bonchev–Trinajstić information content (AvgIpc) is 3.33. The molecule has 8 heteroatoms. The normalized spacial score (nSPS) is 18.3. The first-order valence-electron chi connectivity index (χ1n) is 11.6. The monoisotopic (exact) mass is 477 g/mol. The van der Waals surface area contributed by atoms with Gasteiger partial charge in [-0.1, -0.05) is 44.1 Å². The van der Waals surface area contributed by atoms with Crippen LogP contribution < -0.4 is 19.7 Å². The van der Waals surface area contributed by atoms with E-state index in [4.69, 9.17) is 14.0 Å². The number of carbonyl (C=O) groups excluding carboxylic acids is 2. The van der Waals surface area contributed by atoms with Crippen molar-refractivity contribution in [3.8, 4) is 11.5 Å². The van der Waals surface area contributed by atoms with Gasteiger partial charge in [-0.25, -0.2) is 0 Å². The Hall–Kier alpha value is -3.81. The van der Waals surface area contributed by atoms with E-state index in [0.29, 0.717) is 23.6 Å². The van der Waals surface area contributed by atoms with Crippen molar-refractivity contribution in [1.29, 1.82) is 0 Å². The van der Waals surface area contributed by atoms with Crippen LogP contribution in [-0.2, 0) is 15.0 Å². The molecule has 2 heterocycles. The number of ether oxygens (including phenoxy) is 2. The fourth-order valence-corrected chi connectivity index (χ4v) is 4.38. The molecule has 1 fully saturated rings. The summed E-state index contributed by atoms with van der Waals surface area (Å²) in [5.74, 6) is 0.716. The highest BCUT2D eigenvalue weighted by molar-refractivity contribution is 6.00. The van der Waals surface area contributed by atoms with Crippen molar-refractivity contribution in [3.63, 3.8) is 0 Å². The number of amides is 2. The fraction of sp³-hybridized carbons (Fsp3) is 0.370. The van der Waals surface area contributed by atoms with E-state index in [1.165, 1.54) is 0 Å². The topological polar surface area (TPSA) is 93.9 Å². The number of methoxy groups -OCH3 is 2. The molecule has 1 aliphatic heterocycles. The minimum atomic E-state index is -0.578. The van der Waals surface area contributed by atoms with Crippen LogP contribution in [0.4, 0.5) is 11.6 Å². The highest BCUT2D eigenvalue weighted by Crippen LogP contribution is 2.43. The van der Waals surface area contributed by atoms with E-state index in [-0.39, 0.29) is 29.5 Å². The second kappa shape index (κ2) is 9.82. The predicted molar refractivity (Wildman–Crippen MR) is 133 cm³/mol. The van der Waals surface area contributed by atoms with Crippen molar-refractivity contribution in [2.24, 2.45) is 5.92 Å². The van der Waals surface area contributed by atoms with Crippen LogP contribution in [-0.4, -0.2) is 31.2 Å². The van der Waals surface area contributed by atoms with Crippen LogP contribution in [0.2, 0.25) is 0 Å². The Morgan fingerprint density at radius 1 is 1.09 bits per heavy atom. The zero-order chi connectivity index (χ0) is 25.2. The van der Waals surface area contributed by atoms with Gasteiger partial charge in [0, 0.05) is 29.2 Å². The maximum Gasteiger partial charge on any atom is 0.232 e. The highest BCUT2D eigenvalue weighted by atomic mass is 16.5. The first kappa shape index (κ1) is 24.3. The summed E-state index contributed by atoms with van der Waals surface area (Å²) in [6.45, 7) is 6.06. The molecule has 1 N–H and O–H groups in total. The van der Waals surface area contributed by atoms with E-state index in [2.05, 4.69) is 10.5 Å². The Labute approximate surface area is 205 Å². The Kier molecular flexibility index (Phi) is 6.82. The minimum absolute atomic E-state index is 0.0650. The number of nitrogens with one attached hydrogen (secondary N) is 1. The molecular weight excluding hydrogens is 446 g/mol. The Balaban J connectivity index is 1.73. The van der Waals surface area contributed by atoms with Crippen LogP contribution in [0.3, 0.4) is 0 Å². The number of aromatic nitrogens is 1. The second-order valence-corrected chi connectivity index (χ2v) is 9.61. The summed E-state index contributed by atoms with van der Waals surface area (Å²) in [6.07, 6.45) is 0.625. The maximum atomic E-state index is 13.6. The lowest BCUT2D eigenvalue weighted by atomic mass is 9.82. The van der Waals surface area contributed by atoms with Gasteiger partial charge < -0.3 is 18.9 Å². The molecule has 184 valence electrons. The molecule has 4 rings (SSSR count). The predicted octanol–water partition coefficient (Wildman–Crippen LogP) is 5.11. The summed E-state index contributed by atoms with van der Waals surface area (Å²) in [6, 6.07) is 15.9. The number of carbonyl (C=O) groups is 2. The molecule has 1 aromatic heterocycles. The smallest absolute Gasteiger partial charge is 0.232 e. The van der Waals surface area contributed by atoms with Gasteiger partial charge in [0.25, 0.3) is 0 Å². The van der Waals surface area contributed by atoms with Gasteiger partial charge in [-0.3, -0.25) is 14.9 Å². The van der Waals surface area contributed by atoms with Gasteiger partial charge in [-0.15, -0.1) is 0 Å². The third-order valence-corrected chi connectivity index (χ3v) is 6.27. The molecule has 2 aromatic carbocycles. The molecule has 2 atom stereocenters. The van der Waals surface area contributed by atoms with Crippen LogP contribution in [0.15, 0.2) is 59.1 Å². The van der Waals surface area contributed by atoms with Crippen molar-refractivity contribution in [2.75, 3.05) is 24.4 Å². The molecule has 2 unspecified atom stereocenters. The summed E-state index contributed by atoms with van der Waals surface area (Å²) in [5.41, 5.74) is 1.97. The quantitative estimate of drug-likeness (QED) is 0.530. The zero-order valence-corrected chi connectivity index (χ0v) is 20.7. The van der Waals surface area contributed by atoms with E-state index in [1.807, 2.05) is 57.2 Å². The number of para-hydroxylation sites is 1. The number of nitrogens with zero attached hydrogens (tertiary/aromatic N) is 2. The molecule has 2 amide bonds. The number of hydrogen-bond donors (Lipinski definition) is 1. The molecule has 0 spiro atoms. The number of rotatable bonds is 6. The first-order chi connectivity index (χ1) is 16.7. The van der Waals surface area contributed by atoms with E-state index < -0.39 is 12.0 Å². The van der Waals surface area contributed by atoms with Crippen molar-refractivity contribution < 1.29 is 23.6 Å². The molecule has 0 radical (unpaired) electrons. The van der Waals surface area contributed by atoms with Gasteiger partial charge >= 0.3 is 0 Å². The number of piperidine rings is 1. The van der Waals surface area contributed by atoms with E-state index >= 15 is 0 Å². The molecule has 0 aliphatic carbocycles. The van der Waals surface area contributed by atoms with Crippen LogP contribution >= 0.6 is 0 Å². The number of benzene rings is 2. The Bertz CT molecular complexity index is 1200. The summed E-state index contributed by atoms with van der Waals surface area (Å²) < 4.78 is 16.3. The van der Waals surface area contributed by atoms with Gasteiger partial charge in [0.2, 0.25) is 17.7 Å². The van der Waals surface area contributed by atoms with Crippen molar-refractivity contribution >= 4 is 23.4 Å². The van der Waals surface area contributed by atoms with Gasteiger partial charge in [0.1, 0.15) is 11.5 Å². The largest absolute Gasteiger partial charge is 0.497 e. The number of hydrogen-bond acceptors (Lipinski definition) is 6. The van der Waals surface area contributed by atoms with E-state index in [1.54, 1.807) is 37.3 Å². The van der Waals surface area contributed by atoms with Crippen LogP contribution in [0, 0.1) is 5.92 Å². The molecule has 0 bridgehead atoms. The van der Waals surface area contributed by atoms with Gasteiger partial charge in [0.15, 0.2) is 0 Å². The van der Waals surface area contributed by atoms with Crippen LogP contribution in [0.1, 0.15) is 50.9 Å². The summed E-state index contributed by atoms with van der Waals surface area (Å²) in [7, 11) is 3.17. The SMILES string of the molecule is COc1ccc(N2C(=O)CCC(C(=O)Nc3cc(C(C)(C)C)no3)C2c2ccccc2OC)cc1. The molecule has 1 saturated heterocycles. The van der Waals surface area contributed by atoms with E-state index in [0.717, 1.165) is 11.3 Å². The lowest BCUT2D eigenvalue weighted by Gasteiger charge is -2.41. The maximum absolute atomic E-state index is 13.6. The molecule has 1 aliphatic rings. The highest BCUT2D eigenvalue weighted by Gasteiger charge is 2.43. The van der Waals surface area contributed by atoms with Crippen LogP contribution in [0.25, 0.3) is 0 Å². The van der Waals surface area contributed by atoms with Gasteiger partial charge in [0.05, 0.1) is 31.9 Å².